The Bertz CT molecular complexity index is 764. The maximum atomic E-state index is 12.3. The van der Waals surface area contributed by atoms with Crippen molar-refractivity contribution >= 4 is 17.9 Å². The van der Waals surface area contributed by atoms with Crippen molar-refractivity contribution in [3.63, 3.8) is 0 Å². The van der Waals surface area contributed by atoms with Crippen LogP contribution in [-0.4, -0.2) is 30.4 Å². The van der Waals surface area contributed by atoms with Crippen LogP contribution in [0.25, 0.3) is 6.08 Å². The van der Waals surface area contributed by atoms with Crippen LogP contribution in [0.5, 0.6) is 5.75 Å². The number of amides is 2. The third-order valence-corrected chi connectivity index (χ3v) is 3.50. The van der Waals surface area contributed by atoms with Gasteiger partial charge in [0.05, 0.1) is 0 Å². The van der Waals surface area contributed by atoms with E-state index < -0.39 is 11.8 Å². The molecule has 0 bridgehead atoms. The second kappa shape index (κ2) is 6.75. The molecule has 23 heavy (non-hydrogen) atoms. The molecule has 2 amide bonds. The third-order valence-electron chi connectivity index (χ3n) is 3.50. The first-order chi connectivity index (χ1) is 11.0. The van der Waals surface area contributed by atoms with Gasteiger partial charge in [-0.1, -0.05) is 24.8 Å². The smallest absolute Gasteiger partial charge is 0.271 e. The Labute approximate surface area is 134 Å². The first-order valence-electron chi connectivity index (χ1n) is 6.98. The largest absolute Gasteiger partial charge is 0.490 e. The molecular weight excluding hydrogens is 292 g/mol. The fourth-order valence-electron chi connectivity index (χ4n) is 2.18. The lowest BCUT2D eigenvalue weighted by molar-refractivity contribution is -0.138. The van der Waals surface area contributed by atoms with E-state index in [0.717, 1.165) is 10.5 Å². The van der Waals surface area contributed by atoms with Gasteiger partial charge in [0.2, 0.25) is 0 Å². The summed E-state index contributed by atoms with van der Waals surface area (Å²) >= 11 is 0. The zero-order valence-electron chi connectivity index (χ0n) is 13.0. The van der Waals surface area contributed by atoms with Crippen molar-refractivity contribution in [3.05, 3.63) is 59.2 Å². The van der Waals surface area contributed by atoms with Crippen LogP contribution < -0.4 is 4.74 Å². The molecule has 1 aliphatic rings. The lowest BCUT2D eigenvalue weighted by Crippen LogP contribution is -2.39. The summed E-state index contributed by atoms with van der Waals surface area (Å²) in [5.41, 5.74) is 1.50. The van der Waals surface area contributed by atoms with Crippen molar-refractivity contribution < 1.29 is 14.3 Å². The van der Waals surface area contributed by atoms with Crippen molar-refractivity contribution in [2.24, 2.45) is 0 Å². The first-order valence-corrected chi connectivity index (χ1v) is 6.98. The van der Waals surface area contributed by atoms with Crippen LogP contribution in [-0.2, 0) is 9.59 Å². The fraction of sp³-hybridized carbons (Fsp3) is 0.167. The van der Waals surface area contributed by atoms with E-state index in [-0.39, 0.29) is 5.57 Å². The van der Waals surface area contributed by atoms with Gasteiger partial charge in [0.25, 0.3) is 11.8 Å². The predicted octanol–water partition coefficient (Wildman–Crippen LogP) is 2.47. The highest BCUT2D eigenvalue weighted by atomic mass is 16.5. The number of rotatable bonds is 4. The lowest BCUT2D eigenvalue weighted by Gasteiger charge is -2.23. The number of imide groups is 1. The minimum Gasteiger partial charge on any atom is -0.490 e. The summed E-state index contributed by atoms with van der Waals surface area (Å²) in [7, 11) is 1.37. The number of carbonyl (C=O) groups excluding carboxylic acids is 2. The summed E-state index contributed by atoms with van der Waals surface area (Å²) in [6, 6.07) is 9.03. The number of ether oxygens (including phenoxy) is 1. The molecule has 5 heteroatoms. The number of hydrogen-bond donors (Lipinski definition) is 0. The Morgan fingerprint density at radius 2 is 1.91 bits per heavy atom. The lowest BCUT2D eigenvalue weighted by atomic mass is 9.94. The normalized spacial score (nSPS) is 16.6. The maximum absolute atomic E-state index is 12.3. The van der Waals surface area contributed by atoms with Crippen molar-refractivity contribution in [2.45, 2.75) is 6.92 Å². The number of nitriles is 1. The van der Waals surface area contributed by atoms with Crippen LogP contribution in [0.3, 0.4) is 0 Å². The standard InChI is InChI=1S/C18H16N2O3/c1-4-9-23-14-7-5-13(6-8-14)10-15-12(2)16(11-19)18(22)20(3)17(15)21/h4-8,10H,1,9H2,2-3H3/b15-10+. The molecule has 116 valence electrons. The van der Waals surface area contributed by atoms with E-state index in [2.05, 4.69) is 6.58 Å². The van der Waals surface area contributed by atoms with Crippen molar-refractivity contribution in [2.75, 3.05) is 13.7 Å². The van der Waals surface area contributed by atoms with Gasteiger partial charge in [0.15, 0.2) is 0 Å². The van der Waals surface area contributed by atoms with E-state index in [1.807, 2.05) is 6.07 Å². The molecule has 1 aromatic rings. The van der Waals surface area contributed by atoms with Gasteiger partial charge < -0.3 is 4.74 Å². The maximum Gasteiger partial charge on any atom is 0.271 e. The van der Waals surface area contributed by atoms with Crippen molar-refractivity contribution in [1.82, 2.24) is 4.90 Å². The molecule has 0 fully saturated rings. The summed E-state index contributed by atoms with van der Waals surface area (Å²) in [4.78, 5) is 25.1. The topological polar surface area (TPSA) is 70.4 Å². The molecule has 0 atom stereocenters. The van der Waals surface area contributed by atoms with E-state index in [1.165, 1.54) is 7.05 Å². The molecule has 0 radical (unpaired) electrons. The average Bonchev–Trinajstić information content (AvgIpc) is 2.56. The Morgan fingerprint density at radius 1 is 1.26 bits per heavy atom. The van der Waals surface area contributed by atoms with Gasteiger partial charge in [0, 0.05) is 12.6 Å². The highest BCUT2D eigenvalue weighted by Crippen LogP contribution is 2.26. The van der Waals surface area contributed by atoms with Gasteiger partial charge in [-0.25, -0.2) is 0 Å². The number of nitrogens with zero attached hydrogens (tertiary/aromatic N) is 2. The van der Waals surface area contributed by atoms with Crippen LogP contribution in [0.15, 0.2) is 53.6 Å². The second-order valence-electron chi connectivity index (χ2n) is 5.01. The van der Waals surface area contributed by atoms with E-state index in [1.54, 1.807) is 43.3 Å². The Hall–Kier alpha value is -3.13. The van der Waals surface area contributed by atoms with Gasteiger partial charge >= 0.3 is 0 Å². The van der Waals surface area contributed by atoms with E-state index >= 15 is 0 Å². The third kappa shape index (κ3) is 3.22. The van der Waals surface area contributed by atoms with E-state index in [9.17, 15) is 9.59 Å². The fourth-order valence-corrected chi connectivity index (χ4v) is 2.18. The highest BCUT2D eigenvalue weighted by Gasteiger charge is 2.32. The summed E-state index contributed by atoms with van der Waals surface area (Å²) in [5, 5.41) is 9.12. The first kappa shape index (κ1) is 16.2. The van der Waals surface area contributed by atoms with Crippen LogP contribution in [0.4, 0.5) is 0 Å². The minimum atomic E-state index is -0.569. The van der Waals surface area contributed by atoms with Crippen molar-refractivity contribution in [1.29, 1.82) is 5.26 Å². The molecular formula is C18H16N2O3. The molecule has 1 heterocycles. The predicted molar refractivity (Wildman–Crippen MR) is 86.2 cm³/mol. The zero-order valence-corrected chi connectivity index (χ0v) is 13.0. The van der Waals surface area contributed by atoms with Gasteiger partial charge in [0.1, 0.15) is 24.0 Å². The SMILES string of the molecule is C=CCOc1ccc(/C=C2/C(=O)N(C)C(=O)C(C#N)=C2C)cc1. The quantitative estimate of drug-likeness (QED) is 0.487. The van der Waals surface area contributed by atoms with Crippen LogP contribution >= 0.6 is 0 Å². The van der Waals surface area contributed by atoms with E-state index in [0.29, 0.717) is 23.5 Å². The number of likely N-dealkylation sites (N-methyl/N-ethyl adjacent to an activating group) is 1. The van der Waals surface area contributed by atoms with Crippen LogP contribution in [0.1, 0.15) is 12.5 Å². The highest BCUT2D eigenvalue weighted by molar-refractivity contribution is 6.19. The average molecular weight is 308 g/mol. The molecule has 0 unspecified atom stereocenters. The van der Waals surface area contributed by atoms with Crippen LogP contribution in [0.2, 0.25) is 0 Å². The molecule has 0 saturated heterocycles. The molecule has 0 saturated carbocycles. The molecule has 0 aliphatic carbocycles. The summed E-state index contributed by atoms with van der Waals surface area (Å²) in [6.45, 7) is 5.60. The van der Waals surface area contributed by atoms with Gasteiger partial charge in [-0.05, 0) is 36.3 Å². The summed E-state index contributed by atoms with van der Waals surface area (Å²) in [5.74, 6) is -0.293. The van der Waals surface area contributed by atoms with Gasteiger partial charge in [-0.2, -0.15) is 5.26 Å². The molecule has 1 aromatic carbocycles. The van der Waals surface area contributed by atoms with Crippen LogP contribution in [0, 0.1) is 11.3 Å². The Kier molecular flexibility index (Phi) is 4.77. The van der Waals surface area contributed by atoms with Gasteiger partial charge in [-0.15, -0.1) is 0 Å². The van der Waals surface area contributed by atoms with E-state index in [4.69, 9.17) is 10.00 Å². The summed E-state index contributed by atoms with van der Waals surface area (Å²) in [6.07, 6.45) is 3.32. The Balaban J connectivity index is 2.39. The Morgan fingerprint density at radius 3 is 2.48 bits per heavy atom. The number of carbonyl (C=O) groups is 2. The number of hydrogen-bond acceptors (Lipinski definition) is 4. The number of benzene rings is 1. The molecule has 1 aliphatic heterocycles. The molecule has 0 aromatic heterocycles. The monoisotopic (exact) mass is 308 g/mol. The minimum absolute atomic E-state index is 0.00992. The molecule has 2 rings (SSSR count). The molecule has 0 spiro atoms. The zero-order chi connectivity index (χ0) is 17.0. The van der Waals surface area contributed by atoms with Gasteiger partial charge in [-0.3, -0.25) is 14.5 Å². The van der Waals surface area contributed by atoms with Crippen molar-refractivity contribution in [3.8, 4) is 11.8 Å². The molecule has 0 N–H and O–H groups in total. The molecule has 5 nitrogen and oxygen atoms in total. The summed E-state index contributed by atoms with van der Waals surface area (Å²) < 4.78 is 5.40. The second-order valence-corrected chi connectivity index (χ2v) is 5.01.